The molecular formula is C27H32ClN7O4. The number of likely N-dealkylation sites (tertiary alicyclic amines) is 1. The van der Waals surface area contributed by atoms with Gasteiger partial charge in [-0.1, -0.05) is 17.7 Å². The number of nitrogens with one attached hydrogen (secondary N) is 3. The van der Waals surface area contributed by atoms with Gasteiger partial charge in [0, 0.05) is 39.1 Å². The predicted octanol–water partition coefficient (Wildman–Crippen LogP) is 4.15. The number of hydrogen-bond acceptors (Lipinski definition) is 7. The fraction of sp³-hybridized carbons (Fsp3) is 0.407. The Kier molecular flexibility index (Phi) is 8.18. The van der Waals surface area contributed by atoms with Crippen LogP contribution < -0.4 is 10.9 Å². The largest absolute Gasteiger partial charge is 0.447 e. The fourth-order valence-electron chi connectivity index (χ4n) is 5.00. The van der Waals surface area contributed by atoms with E-state index in [1.54, 1.807) is 35.3 Å². The summed E-state index contributed by atoms with van der Waals surface area (Å²) in [5.74, 6) is 0.821. The number of carbonyl (C=O) groups excluding carboxylic acids is 1. The molecule has 206 valence electrons. The Morgan fingerprint density at radius 1 is 1.26 bits per heavy atom. The molecule has 0 aliphatic carbocycles. The molecule has 39 heavy (non-hydrogen) atoms. The first-order valence-corrected chi connectivity index (χ1v) is 13.4. The van der Waals surface area contributed by atoms with E-state index < -0.39 is 0 Å². The Morgan fingerprint density at radius 2 is 2.08 bits per heavy atom. The molecular weight excluding hydrogens is 522 g/mol. The van der Waals surface area contributed by atoms with Gasteiger partial charge in [0.1, 0.15) is 18.0 Å². The Balaban J connectivity index is 1.31. The van der Waals surface area contributed by atoms with E-state index in [4.69, 9.17) is 26.1 Å². The average Bonchev–Trinajstić information content (AvgIpc) is 3.55. The van der Waals surface area contributed by atoms with Crippen LogP contribution in [0.3, 0.4) is 0 Å². The van der Waals surface area contributed by atoms with Crippen molar-refractivity contribution in [2.75, 3.05) is 45.3 Å². The fourth-order valence-corrected chi connectivity index (χ4v) is 5.15. The lowest BCUT2D eigenvalue weighted by atomic mass is 9.88. The molecule has 1 aliphatic rings. The summed E-state index contributed by atoms with van der Waals surface area (Å²) >= 11 is 5.95. The minimum Gasteiger partial charge on any atom is -0.447 e. The average molecular weight is 554 g/mol. The van der Waals surface area contributed by atoms with Gasteiger partial charge >= 0.3 is 6.09 Å². The number of benzene rings is 1. The zero-order valence-corrected chi connectivity index (χ0v) is 22.8. The van der Waals surface area contributed by atoms with Crippen LogP contribution in [0.15, 0.2) is 41.6 Å². The van der Waals surface area contributed by atoms with Crippen LogP contribution in [0, 0.1) is 6.92 Å². The second kappa shape index (κ2) is 11.9. The Labute approximate surface area is 230 Å². The van der Waals surface area contributed by atoms with Gasteiger partial charge in [-0.2, -0.15) is 5.10 Å². The standard InChI is InChI=1S/C27H32ClN7O4/c1-17-13-19(18-4-8-34(9-5-18)27(37)39-12-11-38-2)14-22-24(17)33-25(32-22)23-21(3-6-30-26(23)36)29-7-10-35-16-20(28)15-31-35/h3,6,13-16,18H,4-5,7-12H2,1-2H3,(H,32,33)(H2,29,30,36). The first kappa shape index (κ1) is 26.8. The zero-order chi connectivity index (χ0) is 27.4. The van der Waals surface area contributed by atoms with E-state index in [0.29, 0.717) is 60.8 Å². The van der Waals surface area contributed by atoms with Crippen LogP contribution in [-0.4, -0.2) is 75.7 Å². The number of hydrogen-bond donors (Lipinski definition) is 3. The number of amides is 1. The molecule has 1 saturated heterocycles. The summed E-state index contributed by atoms with van der Waals surface area (Å²) < 4.78 is 11.9. The monoisotopic (exact) mass is 553 g/mol. The van der Waals surface area contributed by atoms with Crippen LogP contribution in [0.25, 0.3) is 22.4 Å². The molecule has 0 radical (unpaired) electrons. The number of fused-ring (bicyclic) bond motifs is 1. The number of aromatic nitrogens is 5. The minimum atomic E-state index is -0.291. The van der Waals surface area contributed by atoms with E-state index >= 15 is 0 Å². The summed E-state index contributed by atoms with van der Waals surface area (Å²) in [7, 11) is 1.58. The van der Waals surface area contributed by atoms with Gasteiger partial charge in [0.05, 0.1) is 41.1 Å². The van der Waals surface area contributed by atoms with E-state index in [9.17, 15) is 9.59 Å². The quantitative estimate of drug-likeness (QED) is 0.265. The highest BCUT2D eigenvalue weighted by atomic mass is 35.5. The number of ether oxygens (including phenoxy) is 2. The molecule has 0 unspecified atom stereocenters. The Bertz CT molecular complexity index is 1500. The maximum Gasteiger partial charge on any atom is 0.409 e. The molecule has 1 aliphatic heterocycles. The molecule has 3 aromatic heterocycles. The summed E-state index contributed by atoms with van der Waals surface area (Å²) in [6, 6.07) is 6.10. The van der Waals surface area contributed by atoms with Crippen molar-refractivity contribution in [1.82, 2.24) is 29.6 Å². The van der Waals surface area contributed by atoms with Gasteiger partial charge in [0.25, 0.3) is 5.56 Å². The molecule has 0 spiro atoms. The van der Waals surface area contributed by atoms with Crippen LogP contribution in [-0.2, 0) is 16.0 Å². The Morgan fingerprint density at radius 3 is 2.82 bits per heavy atom. The lowest BCUT2D eigenvalue weighted by Gasteiger charge is -2.31. The third-order valence-electron chi connectivity index (χ3n) is 6.99. The van der Waals surface area contributed by atoms with Crippen molar-refractivity contribution in [3.63, 3.8) is 0 Å². The summed E-state index contributed by atoms with van der Waals surface area (Å²) in [5.41, 5.74) is 4.83. The molecule has 0 atom stereocenters. The van der Waals surface area contributed by atoms with Crippen LogP contribution in [0.1, 0.15) is 29.9 Å². The van der Waals surface area contributed by atoms with Gasteiger partial charge in [0.2, 0.25) is 0 Å². The lowest BCUT2D eigenvalue weighted by molar-refractivity contribution is 0.0659. The van der Waals surface area contributed by atoms with E-state index in [2.05, 4.69) is 32.5 Å². The third kappa shape index (κ3) is 6.10. The number of H-pyrrole nitrogens is 2. The maximum absolute atomic E-state index is 12.9. The topological polar surface area (TPSA) is 130 Å². The summed E-state index contributed by atoms with van der Waals surface area (Å²) in [6.07, 6.45) is 6.36. The van der Waals surface area contributed by atoms with E-state index in [-0.39, 0.29) is 18.3 Å². The molecule has 1 aromatic carbocycles. The second-order valence-corrected chi connectivity index (χ2v) is 10.1. The number of imidazole rings is 1. The van der Waals surface area contributed by atoms with Crippen LogP contribution in [0.4, 0.5) is 10.5 Å². The number of methoxy groups -OCH3 is 1. The van der Waals surface area contributed by atoms with Gasteiger partial charge in [-0.05, 0) is 48.9 Å². The van der Waals surface area contributed by atoms with Gasteiger partial charge in [0.15, 0.2) is 0 Å². The summed E-state index contributed by atoms with van der Waals surface area (Å²) in [6.45, 7) is 5.10. The van der Waals surface area contributed by atoms with Crippen LogP contribution in [0.5, 0.6) is 0 Å². The molecule has 12 heteroatoms. The number of aromatic amines is 2. The second-order valence-electron chi connectivity index (χ2n) is 9.63. The van der Waals surface area contributed by atoms with Crippen molar-refractivity contribution in [1.29, 1.82) is 0 Å². The molecule has 0 bridgehead atoms. The molecule has 4 aromatic rings. The van der Waals surface area contributed by atoms with E-state index in [1.165, 1.54) is 5.56 Å². The predicted molar refractivity (Wildman–Crippen MR) is 149 cm³/mol. The SMILES string of the molecule is COCCOC(=O)N1CCC(c2cc(C)c3nc(-c4c(NCCn5cc(Cl)cn5)cc[nH]c4=O)[nH]c3c2)CC1. The molecule has 1 fully saturated rings. The van der Waals surface area contributed by atoms with E-state index in [1.807, 2.05) is 13.0 Å². The lowest BCUT2D eigenvalue weighted by Crippen LogP contribution is -2.38. The number of pyridine rings is 1. The van der Waals surface area contributed by atoms with Crippen LogP contribution in [0.2, 0.25) is 5.02 Å². The van der Waals surface area contributed by atoms with Crippen molar-refractivity contribution >= 4 is 34.4 Å². The van der Waals surface area contributed by atoms with Crippen molar-refractivity contribution in [2.24, 2.45) is 0 Å². The van der Waals surface area contributed by atoms with Crippen molar-refractivity contribution in [3.8, 4) is 11.4 Å². The van der Waals surface area contributed by atoms with Gasteiger partial charge in [-0.15, -0.1) is 0 Å². The number of piperidine rings is 1. The summed E-state index contributed by atoms with van der Waals surface area (Å²) in [5, 5.41) is 8.09. The number of carbonyl (C=O) groups is 1. The molecule has 5 rings (SSSR count). The number of halogens is 1. The smallest absolute Gasteiger partial charge is 0.409 e. The van der Waals surface area contributed by atoms with Crippen molar-refractivity contribution in [3.05, 3.63) is 63.3 Å². The highest BCUT2D eigenvalue weighted by Crippen LogP contribution is 2.33. The zero-order valence-electron chi connectivity index (χ0n) is 22.0. The molecule has 11 nitrogen and oxygen atoms in total. The molecule has 1 amide bonds. The number of anilines is 1. The van der Waals surface area contributed by atoms with Gasteiger partial charge < -0.3 is 29.7 Å². The highest BCUT2D eigenvalue weighted by Gasteiger charge is 2.26. The molecule has 0 saturated carbocycles. The first-order valence-electron chi connectivity index (χ1n) is 13.0. The summed E-state index contributed by atoms with van der Waals surface area (Å²) in [4.78, 5) is 37.8. The van der Waals surface area contributed by atoms with Gasteiger partial charge in [-0.3, -0.25) is 9.48 Å². The number of rotatable bonds is 9. The normalized spacial score (nSPS) is 14.2. The van der Waals surface area contributed by atoms with E-state index in [0.717, 1.165) is 29.4 Å². The highest BCUT2D eigenvalue weighted by molar-refractivity contribution is 6.30. The first-order chi connectivity index (χ1) is 18.9. The molecule has 4 heterocycles. The Hall–Kier alpha value is -3.83. The van der Waals surface area contributed by atoms with Crippen LogP contribution >= 0.6 is 11.6 Å². The number of aryl methyl sites for hydroxylation is 1. The molecule has 3 N–H and O–H groups in total. The maximum atomic E-state index is 12.9. The number of nitrogens with zero attached hydrogens (tertiary/aromatic N) is 4. The third-order valence-corrected chi connectivity index (χ3v) is 7.19. The van der Waals surface area contributed by atoms with Gasteiger partial charge in [-0.25, -0.2) is 9.78 Å². The van der Waals surface area contributed by atoms with Crippen molar-refractivity contribution in [2.45, 2.75) is 32.2 Å². The van der Waals surface area contributed by atoms with Crippen molar-refractivity contribution < 1.29 is 14.3 Å². The minimum absolute atomic E-state index is 0.233.